The van der Waals surface area contributed by atoms with Gasteiger partial charge in [-0.05, 0) is 77.8 Å². The lowest BCUT2D eigenvalue weighted by molar-refractivity contribution is -0.0404. The number of ether oxygens (including phenoxy) is 2. The van der Waals surface area contributed by atoms with Crippen LogP contribution in [0.4, 0.5) is 16.3 Å². The molecule has 3 heterocycles. The number of primary amides is 1. The quantitative estimate of drug-likeness (QED) is 0.304. The number of amides is 2. The smallest absolute Gasteiger partial charge is 0.407 e. The van der Waals surface area contributed by atoms with E-state index in [1.165, 1.54) is 0 Å². The molecule has 1 aromatic carbocycles. The molecule has 1 atom stereocenters. The molecule has 0 bridgehead atoms. The second-order valence-corrected chi connectivity index (χ2v) is 12.0. The van der Waals surface area contributed by atoms with E-state index >= 15 is 0 Å². The van der Waals surface area contributed by atoms with Crippen LogP contribution in [-0.2, 0) is 9.47 Å². The fourth-order valence-corrected chi connectivity index (χ4v) is 6.57. The molecule has 0 spiro atoms. The molecular weight excluding hydrogens is 528 g/mol. The topological polar surface area (TPSA) is 133 Å². The largest absolute Gasteiger partial charge is 0.447 e. The van der Waals surface area contributed by atoms with Crippen molar-refractivity contribution in [1.82, 2.24) is 20.1 Å². The number of carbonyl (C=O) groups excluding carboxylic acids is 2. The van der Waals surface area contributed by atoms with Crippen molar-refractivity contribution in [2.24, 2.45) is 5.73 Å². The Bertz CT molecular complexity index is 1340. The maximum atomic E-state index is 12.5. The molecule has 11 heteroatoms. The number of nitrogens with one attached hydrogen (secondary N) is 2. The normalized spacial score (nSPS) is 21.2. The number of nitrogens with two attached hydrogens (primary N) is 1. The predicted molar refractivity (Wildman–Crippen MR) is 155 cm³/mol. The average molecular weight is 567 g/mol. The second kappa shape index (κ2) is 12.4. The first-order valence-electron chi connectivity index (χ1n) is 14.1. The van der Waals surface area contributed by atoms with Crippen LogP contribution in [0.15, 0.2) is 30.5 Å². The van der Waals surface area contributed by atoms with Gasteiger partial charge in [0.25, 0.3) is 0 Å². The summed E-state index contributed by atoms with van der Waals surface area (Å²) in [5, 5.41) is 12.0. The number of carbonyl (C=O) groups is 2. The first-order valence-corrected chi connectivity index (χ1v) is 14.9. The van der Waals surface area contributed by atoms with Gasteiger partial charge in [0.15, 0.2) is 12.0 Å². The molecule has 1 aliphatic carbocycles. The van der Waals surface area contributed by atoms with Gasteiger partial charge in [-0.25, -0.2) is 14.5 Å². The van der Waals surface area contributed by atoms with Gasteiger partial charge in [-0.15, -0.1) is 11.3 Å². The number of nitrogens with zero attached hydrogens (tertiary/aromatic N) is 3. The van der Waals surface area contributed by atoms with Crippen LogP contribution in [0.25, 0.3) is 10.4 Å². The van der Waals surface area contributed by atoms with Crippen molar-refractivity contribution in [3.8, 4) is 10.4 Å². The highest BCUT2D eigenvalue weighted by Crippen LogP contribution is 2.39. The van der Waals surface area contributed by atoms with E-state index in [-0.39, 0.29) is 24.5 Å². The number of thiazole rings is 1. The third-order valence-corrected chi connectivity index (χ3v) is 8.63. The van der Waals surface area contributed by atoms with Gasteiger partial charge in [-0.3, -0.25) is 4.79 Å². The molecule has 1 aliphatic heterocycles. The fraction of sp³-hybridized carbons (Fsp3) is 0.517. The van der Waals surface area contributed by atoms with Crippen molar-refractivity contribution < 1.29 is 19.1 Å². The lowest BCUT2D eigenvalue weighted by Crippen LogP contribution is -2.38. The Labute approximate surface area is 238 Å². The summed E-state index contributed by atoms with van der Waals surface area (Å²) in [7, 11) is 0. The summed E-state index contributed by atoms with van der Waals surface area (Å²) in [4.78, 5) is 30.0. The highest BCUT2D eigenvalue weighted by molar-refractivity contribution is 7.15. The Balaban J connectivity index is 1.25. The number of anilines is 2. The Morgan fingerprint density at radius 1 is 1.15 bits per heavy atom. The van der Waals surface area contributed by atoms with E-state index in [9.17, 15) is 9.59 Å². The van der Waals surface area contributed by atoms with Crippen LogP contribution in [0.1, 0.15) is 92.0 Å². The number of hydrogen-bond donors (Lipinski definition) is 3. The summed E-state index contributed by atoms with van der Waals surface area (Å²) in [6.07, 6.45) is 8.08. The molecule has 2 aliphatic rings. The molecule has 1 saturated carbocycles. The van der Waals surface area contributed by atoms with Crippen molar-refractivity contribution in [2.45, 2.75) is 90.0 Å². The molecule has 1 unspecified atom stereocenters. The molecule has 4 N–H and O–H groups in total. The maximum absolute atomic E-state index is 12.5. The lowest BCUT2D eigenvalue weighted by Gasteiger charge is -2.28. The van der Waals surface area contributed by atoms with Crippen molar-refractivity contribution in [2.75, 3.05) is 11.9 Å². The zero-order valence-corrected chi connectivity index (χ0v) is 24.1. The van der Waals surface area contributed by atoms with Gasteiger partial charge in [0.1, 0.15) is 0 Å². The summed E-state index contributed by atoms with van der Waals surface area (Å²) in [6.45, 7) is 6.45. The van der Waals surface area contributed by atoms with Crippen LogP contribution in [0.2, 0.25) is 0 Å². The summed E-state index contributed by atoms with van der Waals surface area (Å²) < 4.78 is 13.0. The van der Waals surface area contributed by atoms with Crippen LogP contribution < -0.4 is 16.4 Å². The highest BCUT2D eigenvalue weighted by atomic mass is 32.1. The average Bonchev–Trinajstić information content (AvgIpc) is 3.56. The number of hydrogen-bond acceptors (Lipinski definition) is 8. The van der Waals surface area contributed by atoms with E-state index in [0.717, 1.165) is 78.4 Å². The number of benzene rings is 1. The van der Waals surface area contributed by atoms with Crippen molar-refractivity contribution in [3.63, 3.8) is 0 Å². The highest BCUT2D eigenvalue weighted by Gasteiger charge is 2.27. The SMILES string of the molecule is Cc1cc(Nc2ccc(-c3cnc(C4CCC(NC(=O)OC(C)C)CC4)s3)c(C(N)=O)c2)nn1C1CCCCO1. The first-order chi connectivity index (χ1) is 19.3. The summed E-state index contributed by atoms with van der Waals surface area (Å²) >= 11 is 1.60. The van der Waals surface area contributed by atoms with Crippen molar-refractivity contribution >= 4 is 34.8 Å². The molecule has 214 valence electrons. The van der Waals surface area contributed by atoms with Crippen LogP contribution in [0.5, 0.6) is 0 Å². The van der Waals surface area contributed by atoms with Crippen LogP contribution >= 0.6 is 11.3 Å². The van der Waals surface area contributed by atoms with Crippen molar-refractivity contribution in [3.05, 3.63) is 46.7 Å². The molecule has 1 saturated heterocycles. The van der Waals surface area contributed by atoms with Crippen LogP contribution in [-0.4, -0.2) is 45.5 Å². The van der Waals surface area contributed by atoms with Crippen LogP contribution in [0, 0.1) is 6.92 Å². The van der Waals surface area contributed by atoms with Gasteiger partial charge in [-0.2, -0.15) is 5.10 Å². The molecule has 0 radical (unpaired) electrons. The molecule has 2 fully saturated rings. The number of alkyl carbamates (subject to hydrolysis) is 1. The summed E-state index contributed by atoms with van der Waals surface area (Å²) in [5.41, 5.74) is 8.76. The molecule has 2 aromatic heterocycles. The van der Waals surface area contributed by atoms with E-state index in [4.69, 9.17) is 25.3 Å². The van der Waals surface area contributed by atoms with E-state index in [0.29, 0.717) is 17.3 Å². The minimum absolute atomic E-state index is 0.0407. The standard InChI is InChI=1S/C29H38N6O4S/c1-17(2)39-29(37)33-20-9-7-19(8-10-20)28-31-16-24(40-28)22-12-11-21(15-23(22)27(30)36)32-25-14-18(3)35(34-25)26-6-4-5-13-38-26/h11-12,14-17,19-20,26H,4-10,13H2,1-3H3,(H2,30,36)(H,32,34)(H,33,37). The fourth-order valence-electron chi connectivity index (χ4n) is 5.45. The maximum Gasteiger partial charge on any atom is 0.407 e. The van der Waals surface area contributed by atoms with Gasteiger partial charge in [0, 0.05) is 53.3 Å². The lowest BCUT2D eigenvalue weighted by atomic mass is 9.86. The monoisotopic (exact) mass is 566 g/mol. The van der Waals surface area contributed by atoms with E-state index in [1.807, 2.05) is 49.8 Å². The molecular formula is C29H38N6O4S. The minimum Gasteiger partial charge on any atom is -0.447 e. The first kappa shape index (κ1) is 28.1. The van der Waals surface area contributed by atoms with E-state index in [1.54, 1.807) is 17.4 Å². The Kier molecular flexibility index (Phi) is 8.70. The number of aryl methyl sites for hydroxylation is 1. The molecule has 2 amide bonds. The Morgan fingerprint density at radius 2 is 1.95 bits per heavy atom. The van der Waals surface area contributed by atoms with Crippen LogP contribution in [0.3, 0.4) is 0 Å². The zero-order chi connectivity index (χ0) is 28.2. The van der Waals surface area contributed by atoms with Gasteiger partial charge < -0.3 is 25.8 Å². The predicted octanol–water partition coefficient (Wildman–Crippen LogP) is 6.02. The third kappa shape index (κ3) is 6.64. The summed E-state index contributed by atoms with van der Waals surface area (Å²) in [5.74, 6) is 0.519. The van der Waals surface area contributed by atoms with Gasteiger partial charge in [-0.1, -0.05) is 6.07 Å². The summed E-state index contributed by atoms with van der Waals surface area (Å²) in [6, 6.07) is 7.71. The van der Waals surface area contributed by atoms with Gasteiger partial charge in [0.2, 0.25) is 5.91 Å². The van der Waals surface area contributed by atoms with E-state index < -0.39 is 5.91 Å². The van der Waals surface area contributed by atoms with Gasteiger partial charge in [0.05, 0.1) is 16.0 Å². The molecule has 40 heavy (non-hydrogen) atoms. The zero-order valence-electron chi connectivity index (χ0n) is 23.3. The number of rotatable bonds is 8. The third-order valence-electron chi connectivity index (χ3n) is 7.44. The Morgan fingerprint density at radius 3 is 2.65 bits per heavy atom. The molecule has 3 aromatic rings. The minimum atomic E-state index is -0.495. The second-order valence-electron chi connectivity index (χ2n) is 10.9. The number of aromatic nitrogens is 3. The van der Waals surface area contributed by atoms with Crippen molar-refractivity contribution in [1.29, 1.82) is 0 Å². The molecule has 10 nitrogen and oxygen atoms in total. The van der Waals surface area contributed by atoms with Gasteiger partial charge >= 0.3 is 6.09 Å². The van der Waals surface area contributed by atoms with E-state index in [2.05, 4.69) is 10.6 Å². The molecule has 5 rings (SSSR count). The Hall–Kier alpha value is -3.44.